The SMILES string of the molecule is COCCN(CCc1csc2nc(-c3ccc4ccccc4c3)cn12)C(=O)C(c1ccccc1)c1ccccc1. The average Bonchev–Trinajstić information content (AvgIpc) is 3.60. The third-order valence-corrected chi connectivity index (χ3v) is 8.24. The van der Waals surface area contributed by atoms with E-state index in [0.717, 1.165) is 39.5 Å². The maximum absolute atomic E-state index is 14.1. The van der Waals surface area contributed by atoms with Gasteiger partial charge in [0, 0.05) is 49.5 Å². The van der Waals surface area contributed by atoms with Gasteiger partial charge in [-0.05, 0) is 28.0 Å². The number of fused-ring (bicyclic) bond motifs is 2. The largest absolute Gasteiger partial charge is 0.383 e. The molecule has 200 valence electrons. The van der Waals surface area contributed by atoms with Gasteiger partial charge in [0.1, 0.15) is 0 Å². The highest BCUT2D eigenvalue weighted by molar-refractivity contribution is 7.15. The highest BCUT2D eigenvalue weighted by Gasteiger charge is 2.27. The first kappa shape index (κ1) is 26.0. The second kappa shape index (κ2) is 11.9. The molecule has 0 aliphatic heterocycles. The van der Waals surface area contributed by atoms with Gasteiger partial charge in [0.25, 0.3) is 0 Å². The number of hydrogen-bond acceptors (Lipinski definition) is 4. The summed E-state index contributed by atoms with van der Waals surface area (Å²) in [7, 11) is 1.68. The molecule has 0 aliphatic rings. The van der Waals surface area contributed by atoms with Crippen molar-refractivity contribution < 1.29 is 9.53 Å². The van der Waals surface area contributed by atoms with Crippen LogP contribution in [-0.2, 0) is 16.0 Å². The number of carbonyl (C=O) groups excluding carboxylic acids is 1. The minimum absolute atomic E-state index is 0.0865. The Hall–Kier alpha value is -4.26. The van der Waals surface area contributed by atoms with Gasteiger partial charge in [0.15, 0.2) is 4.96 Å². The fraction of sp³-hybridized carbons (Fsp3) is 0.176. The Labute approximate surface area is 238 Å². The van der Waals surface area contributed by atoms with Crippen molar-refractivity contribution in [2.75, 3.05) is 26.8 Å². The first-order valence-corrected chi connectivity index (χ1v) is 14.4. The van der Waals surface area contributed by atoms with Crippen LogP contribution >= 0.6 is 11.3 Å². The number of rotatable bonds is 10. The molecule has 0 fully saturated rings. The Bertz CT molecular complexity index is 1690. The Morgan fingerprint density at radius 1 is 0.875 bits per heavy atom. The van der Waals surface area contributed by atoms with Gasteiger partial charge in [-0.25, -0.2) is 4.98 Å². The first-order valence-electron chi connectivity index (χ1n) is 13.5. The zero-order valence-corrected chi connectivity index (χ0v) is 23.3. The summed E-state index contributed by atoms with van der Waals surface area (Å²) < 4.78 is 7.56. The molecule has 2 aromatic heterocycles. The van der Waals surface area contributed by atoms with Crippen molar-refractivity contribution >= 4 is 33.0 Å². The van der Waals surface area contributed by atoms with Gasteiger partial charge < -0.3 is 9.64 Å². The van der Waals surface area contributed by atoms with Gasteiger partial charge in [-0.2, -0.15) is 0 Å². The van der Waals surface area contributed by atoms with Gasteiger partial charge in [-0.15, -0.1) is 11.3 Å². The lowest BCUT2D eigenvalue weighted by atomic mass is 9.90. The van der Waals surface area contributed by atoms with Crippen LogP contribution in [0.3, 0.4) is 0 Å². The molecule has 6 rings (SSSR count). The van der Waals surface area contributed by atoms with Gasteiger partial charge >= 0.3 is 0 Å². The number of carbonyl (C=O) groups is 1. The summed E-state index contributed by atoms with van der Waals surface area (Å²) in [5, 5.41) is 4.57. The lowest BCUT2D eigenvalue weighted by Crippen LogP contribution is -2.39. The quantitative estimate of drug-likeness (QED) is 0.185. The van der Waals surface area contributed by atoms with Crippen LogP contribution in [0.15, 0.2) is 115 Å². The van der Waals surface area contributed by atoms with E-state index in [9.17, 15) is 4.79 Å². The van der Waals surface area contributed by atoms with Crippen molar-refractivity contribution in [2.24, 2.45) is 0 Å². The molecule has 4 aromatic carbocycles. The molecule has 1 amide bonds. The van der Waals surface area contributed by atoms with E-state index in [4.69, 9.17) is 9.72 Å². The highest BCUT2D eigenvalue weighted by atomic mass is 32.1. The smallest absolute Gasteiger partial charge is 0.234 e. The topological polar surface area (TPSA) is 46.8 Å². The molecular weight excluding hydrogens is 514 g/mol. The second-order valence-corrected chi connectivity index (χ2v) is 10.7. The Morgan fingerprint density at radius 2 is 1.55 bits per heavy atom. The zero-order valence-electron chi connectivity index (χ0n) is 22.4. The maximum atomic E-state index is 14.1. The van der Waals surface area contributed by atoms with Crippen molar-refractivity contribution in [1.82, 2.24) is 14.3 Å². The summed E-state index contributed by atoms with van der Waals surface area (Å²) in [5.74, 6) is -0.280. The lowest BCUT2D eigenvalue weighted by Gasteiger charge is -2.28. The average molecular weight is 546 g/mol. The summed E-state index contributed by atoms with van der Waals surface area (Å²) in [6, 6.07) is 34.9. The van der Waals surface area contributed by atoms with E-state index in [1.54, 1.807) is 18.4 Å². The normalized spacial score (nSPS) is 11.4. The van der Waals surface area contributed by atoms with E-state index in [-0.39, 0.29) is 11.8 Å². The standard InChI is InChI=1S/C34H31N3O2S/c1-39-21-20-36(33(38)32(26-11-4-2-5-12-26)27-13-6-3-7-14-27)19-18-30-24-40-34-35-31(23-37(30)34)29-17-16-25-10-8-9-15-28(25)22-29/h2-17,22-24,32H,18-21H2,1H3. The minimum Gasteiger partial charge on any atom is -0.383 e. The molecule has 0 unspecified atom stereocenters. The van der Waals surface area contributed by atoms with E-state index in [1.165, 1.54) is 10.8 Å². The molecule has 6 aromatic rings. The van der Waals surface area contributed by atoms with E-state index in [0.29, 0.717) is 19.7 Å². The molecule has 0 spiro atoms. The van der Waals surface area contributed by atoms with E-state index < -0.39 is 0 Å². The summed E-state index contributed by atoms with van der Waals surface area (Å²) in [6.45, 7) is 1.61. The molecule has 0 aliphatic carbocycles. The summed E-state index contributed by atoms with van der Waals surface area (Å²) >= 11 is 1.63. The summed E-state index contributed by atoms with van der Waals surface area (Å²) in [4.78, 5) is 21.9. The number of imidazole rings is 1. The Kier molecular flexibility index (Phi) is 7.71. The maximum Gasteiger partial charge on any atom is 0.234 e. The lowest BCUT2D eigenvalue weighted by molar-refractivity contribution is -0.132. The van der Waals surface area contributed by atoms with Crippen LogP contribution < -0.4 is 0 Å². The number of methoxy groups -OCH3 is 1. The van der Waals surface area contributed by atoms with Gasteiger partial charge in [-0.1, -0.05) is 97.1 Å². The summed E-state index contributed by atoms with van der Waals surface area (Å²) in [5.41, 5.74) is 5.19. The molecule has 0 saturated carbocycles. The number of amides is 1. The molecule has 0 radical (unpaired) electrons. The molecule has 0 bridgehead atoms. The van der Waals surface area contributed by atoms with Crippen LogP contribution in [0.1, 0.15) is 22.7 Å². The van der Waals surface area contributed by atoms with Crippen molar-refractivity contribution in [1.29, 1.82) is 0 Å². The van der Waals surface area contributed by atoms with Crippen molar-refractivity contribution in [3.8, 4) is 11.3 Å². The third kappa shape index (κ3) is 5.41. The van der Waals surface area contributed by atoms with E-state index in [2.05, 4.69) is 58.4 Å². The number of nitrogens with zero attached hydrogens (tertiary/aromatic N) is 3. The van der Waals surface area contributed by atoms with E-state index in [1.807, 2.05) is 65.6 Å². The molecule has 0 saturated heterocycles. The predicted molar refractivity (Wildman–Crippen MR) is 163 cm³/mol. The van der Waals surface area contributed by atoms with Crippen LogP contribution in [0, 0.1) is 0 Å². The van der Waals surface area contributed by atoms with Crippen LogP contribution in [-0.4, -0.2) is 47.0 Å². The molecule has 5 nitrogen and oxygen atoms in total. The van der Waals surface area contributed by atoms with Gasteiger partial charge in [-0.3, -0.25) is 9.20 Å². The van der Waals surface area contributed by atoms with Crippen LogP contribution in [0.4, 0.5) is 0 Å². The number of thiazole rings is 1. The van der Waals surface area contributed by atoms with Crippen molar-refractivity contribution in [2.45, 2.75) is 12.3 Å². The van der Waals surface area contributed by atoms with Crippen molar-refractivity contribution in [3.63, 3.8) is 0 Å². The zero-order chi connectivity index (χ0) is 27.3. The summed E-state index contributed by atoms with van der Waals surface area (Å²) in [6.07, 6.45) is 2.84. The van der Waals surface area contributed by atoms with Gasteiger partial charge in [0.2, 0.25) is 5.91 Å². The molecule has 0 atom stereocenters. The monoisotopic (exact) mass is 545 g/mol. The Morgan fingerprint density at radius 3 is 2.25 bits per heavy atom. The molecular formula is C34H31N3O2S. The highest BCUT2D eigenvalue weighted by Crippen LogP contribution is 2.29. The number of hydrogen-bond donors (Lipinski definition) is 0. The van der Waals surface area contributed by atoms with E-state index >= 15 is 0 Å². The van der Waals surface area contributed by atoms with Crippen LogP contribution in [0.2, 0.25) is 0 Å². The number of benzene rings is 4. The van der Waals surface area contributed by atoms with Crippen LogP contribution in [0.5, 0.6) is 0 Å². The fourth-order valence-corrected chi connectivity index (χ4v) is 6.14. The first-order chi connectivity index (χ1) is 19.7. The third-order valence-electron chi connectivity index (χ3n) is 7.36. The van der Waals surface area contributed by atoms with Crippen molar-refractivity contribution in [3.05, 3.63) is 132 Å². The predicted octanol–water partition coefficient (Wildman–Crippen LogP) is 7.07. The van der Waals surface area contributed by atoms with Gasteiger partial charge in [0.05, 0.1) is 18.2 Å². The molecule has 2 heterocycles. The molecule has 40 heavy (non-hydrogen) atoms. The number of aromatic nitrogens is 2. The molecule has 6 heteroatoms. The number of ether oxygens (including phenoxy) is 1. The fourth-order valence-electron chi connectivity index (χ4n) is 5.23. The second-order valence-electron chi connectivity index (χ2n) is 9.89. The minimum atomic E-state index is -0.366. The molecule has 0 N–H and O–H groups in total. The van der Waals surface area contributed by atoms with Crippen LogP contribution in [0.25, 0.3) is 27.0 Å². The Balaban J connectivity index is 1.26.